The summed E-state index contributed by atoms with van der Waals surface area (Å²) >= 11 is 5.93. The topological polar surface area (TPSA) is 44.8 Å². The van der Waals surface area contributed by atoms with E-state index in [-0.39, 0.29) is 12.1 Å². The van der Waals surface area contributed by atoms with Crippen molar-refractivity contribution in [1.29, 1.82) is 0 Å². The fourth-order valence-corrected chi connectivity index (χ4v) is 2.88. The molecule has 2 aromatic rings. The van der Waals surface area contributed by atoms with Crippen molar-refractivity contribution in [3.63, 3.8) is 0 Å². The number of ether oxygens (including phenoxy) is 1. The highest BCUT2D eigenvalue weighted by Crippen LogP contribution is 2.24. The Morgan fingerprint density at radius 2 is 1.84 bits per heavy atom. The minimum atomic E-state index is -0.132. The van der Waals surface area contributed by atoms with E-state index >= 15 is 0 Å². The van der Waals surface area contributed by atoms with E-state index in [1.165, 1.54) is 0 Å². The zero-order valence-corrected chi connectivity index (χ0v) is 15.2. The lowest BCUT2D eigenvalue weighted by Crippen LogP contribution is -2.44. The lowest BCUT2D eigenvalue weighted by Gasteiger charge is -2.33. The average molecular weight is 360 g/mol. The summed E-state index contributed by atoms with van der Waals surface area (Å²) in [4.78, 5) is 16.3. The number of hydrogen-bond acceptors (Lipinski definition) is 3. The molecule has 0 aromatic heterocycles. The van der Waals surface area contributed by atoms with Gasteiger partial charge in [0.05, 0.1) is 13.2 Å². The maximum absolute atomic E-state index is 12.5. The summed E-state index contributed by atoms with van der Waals surface area (Å²) in [6, 6.07) is 15.2. The maximum atomic E-state index is 12.5. The Labute approximate surface area is 153 Å². The molecular weight excluding hydrogens is 338 g/mol. The standard InChI is InChI=1S/C19H22ClN3O2/c1-22(2)17-9-7-16(8-10-17)21-19(24)23-11-12-25-18(13-23)14-3-5-15(20)6-4-14/h3-10,18H,11-13H2,1-2H3,(H,21,24)/t18-/m1/s1. The van der Waals surface area contributed by atoms with Gasteiger partial charge in [0.1, 0.15) is 6.10 Å². The highest BCUT2D eigenvalue weighted by molar-refractivity contribution is 6.30. The lowest BCUT2D eigenvalue weighted by molar-refractivity contribution is -0.0135. The Balaban J connectivity index is 1.62. The molecule has 25 heavy (non-hydrogen) atoms. The predicted octanol–water partition coefficient (Wildman–Crippen LogP) is 4.01. The molecule has 0 aliphatic carbocycles. The summed E-state index contributed by atoms with van der Waals surface area (Å²) in [7, 11) is 3.97. The number of urea groups is 1. The molecular formula is C19H22ClN3O2. The third kappa shape index (κ3) is 4.44. The average Bonchev–Trinajstić information content (AvgIpc) is 2.63. The first-order valence-corrected chi connectivity index (χ1v) is 8.61. The third-order valence-corrected chi connectivity index (χ3v) is 4.48. The lowest BCUT2D eigenvalue weighted by atomic mass is 10.1. The van der Waals surface area contributed by atoms with Gasteiger partial charge >= 0.3 is 6.03 Å². The van der Waals surface area contributed by atoms with Crippen molar-refractivity contribution < 1.29 is 9.53 Å². The van der Waals surface area contributed by atoms with Crippen LogP contribution in [0.1, 0.15) is 11.7 Å². The molecule has 2 amide bonds. The van der Waals surface area contributed by atoms with Crippen molar-refractivity contribution in [3.8, 4) is 0 Å². The van der Waals surface area contributed by atoms with Crippen LogP contribution >= 0.6 is 11.6 Å². The number of halogens is 1. The van der Waals surface area contributed by atoms with Crippen molar-refractivity contribution in [2.75, 3.05) is 44.0 Å². The van der Waals surface area contributed by atoms with E-state index in [0.29, 0.717) is 24.7 Å². The number of morpholine rings is 1. The summed E-state index contributed by atoms with van der Waals surface area (Å²) in [6.07, 6.45) is -0.132. The summed E-state index contributed by atoms with van der Waals surface area (Å²) in [6.45, 7) is 1.61. The monoisotopic (exact) mass is 359 g/mol. The Morgan fingerprint density at radius 3 is 2.48 bits per heavy atom. The van der Waals surface area contributed by atoms with Gasteiger partial charge in [0, 0.05) is 37.0 Å². The number of carbonyl (C=O) groups excluding carboxylic acids is 1. The normalized spacial score (nSPS) is 17.2. The van der Waals surface area contributed by atoms with Gasteiger partial charge in [-0.25, -0.2) is 4.79 Å². The van der Waals surface area contributed by atoms with Gasteiger partial charge in [0.15, 0.2) is 0 Å². The Bertz CT molecular complexity index is 716. The fraction of sp³-hybridized carbons (Fsp3) is 0.316. The SMILES string of the molecule is CN(C)c1ccc(NC(=O)N2CCO[C@@H](c3ccc(Cl)cc3)C2)cc1. The van der Waals surface area contributed by atoms with Crippen LogP contribution in [0.2, 0.25) is 5.02 Å². The van der Waals surface area contributed by atoms with Crippen LogP contribution in [-0.4, -0.2) is 44.7 Å². The second-order valence-corrected chi connectivity index (χ2v) is 6.66. The Morgan fingerprint density at radius 1 is 1.16 bits per heavy atom. The van der Waals surface area contributed by atoms with Crippen molar-refractivity contribution in [2.45, 2.75) is 6.10 Å². The van der Waals surface area contributed by atoms with Gasteiger partial charge in [0.2, 0.25) is 0 Å². The number of anilines is 2. The van der Waals surface area contributed by atoms with Crippen LogP contribution in [0.4, 0.5) is 16.2 Å². The number of nitrogens with one attached hydrogen (secondary N) is 1. The van der Waals surface area contributed by atoms with Crippen molar-refractivity contribution in [2.24, 2.45) is 0 Å². The zero-order valence-electron chi connectivity index (χ0n) is 14.4. The highest BCUT2D eigenvalue weighted by atomic mass is 35.5. The summed E-state index contributed by atoms with van der Waals surface area (Å²) in [5, 5.41) is 3.64. The molecule has 5 nitrogen and oxygen atoms in total. The zero-order chi connectivity index (χ0) is 17.8. The van der Waals surface area contributed by atoms with Crippen LogP contribution in [0.3, 0.4) is 0 Å². The first kappa shape index (κ1) is 17.6. The molecule has 1 aliphatic rings. The summed E-state index contributed by atoms with van der Waals surface area (Å²) in [5.41, 5.74) is 2.90. The van der Waals surface area contributed by atoms with Crippen molar-refractivity contribution in [1.82, 2.24) is 4.90 Å². The molecule has 132 valence electrons. The molecule has 0 unspecified atom stereocenters. The predicted molar refractivity (Wildman–Crippen MR) is 102 cm³/mol. The first-order chi connectivity index (χ1) is 12.0. The highest BCUT2D eigenvalue weighted by Gasteiger charge is 2.25. The van der Waals surface area contributed by atoms with Gasteiger partial charge in [-0.1, -0.05) is 23.7 Å². The van der Waals surface area contributed by atoms with Gasteiger partial charge in [-0.2, -0.15) is 0 Å². The van der Waals surface area contributed by atoms with Gasteiger partial charge in [0.25, 0.3) is 0 Å². The first-order valence-electron chi connectivity index (χ1n) is 8.23. The number of nitrogens with zero attached hydrogens (tertiary/aromatic N) is 2. The van der Waals surface area contributed by atoms with E-state index in [1.54, 1.807) is 4.90 Å². The molecule has 1 fully saturated rings. The van der Waals surface area contributed by atoms with E-state index in [9.17, 15) is 4.79 Å². The van der Waals surface area contributed by atoms with Crippen LogP contribution < -0.4 is 10.2 Å². The molecule has 3 rings (SSSR count). The molecule has 0 spiro atoms. The van der Waals surface area contributed by atoms with E-state index in [0.717, 1.165) is 16.9 Å². The molecule has 1 aliphatic heterocycles. The molecule has 0 radical (unpaired) electrons. The minimum Gasteiger partial charge on any atom is -0.378 e. The second kappa shape index (κ2) is 7.76. The van der Waals surface area contributed by atoms with Crippen LogP contribution in [0.25, 0.3) is 0 Å². The molecule has 1 N–H and O–H groups in total. The largest absolute Gasteiger partial charge is 0.378 e. The summed E-state index contributed by atoms with van der Waals surface area (Å²) < 4.78 is 5.81. The van der Waals surface area contributed by atoms with E-state index in [4.69, 9.17) is 16.3 Å². The minimum absolute atomic E-state index is 0.111. The summed E-state index contributed by atoms with van der Waals surface area (Å²) in [5.74, 6) is 0. The molecule has 1 atom stereocenters. The smallest absolute Gasteiger partial charge is 0.322 e. The van der Waals surface area contributed by atoms with Gasteiger partial charge in [-0.3, -0.25) is 0 Å². The van der Waals surface area contributed by atoms with Crippen LogP contribution in [0.5, 0.6) is 0 Å². The number of hydrogen-bond donors (Lipinski definition) is 1. The van der Waals surface area contributed by atoms with Crippen LogP contribution in [-0.2, 0) is 4.74 Å². The Hall–Kier alpha value is -2.24. The number of carbonyl (C=O) groups is 1. The van der Waals surface area contributed by atoms with Crippen LogP contribution in [0.15, 0.2) is 48.5 Å². The number of rotatable bonds is 3. The Kier molecular flexibility index (Phi) is 5.46. The third-order valence-electron chi connectivity index (χ3n) is 4.23. The molecule has 1 saturated heterocycles. The van der Waals surface area contributed by atoms with E-state index in [1.807, 2.05) is 67.5 Å². The molecule has 2 aromatic carbocycles. The quantitative estimate of drug-likeness (QED) is 0.900. The van der Waals surface area contributed by atoms with Gasteiger partial charge in [-0.05, 0) is 42.0 Å². The van der Waals surface area contributed by atoms with Crippen LogP contribution in [0, 0.1) is 0 Å². The van der Waals surface area contributed by atoms with Gasteiger partial charge in [-0.15, -0.1) is 0 Å². The number of benzene rings is 2. The second-order valence-electron chi connectivity index (χ2n) is 6.23. The molecule has 1 heterocycles. The van der Waals surface area contributed by atoms with Crippen molar-refractivity contribution in [3.05, 3.63) is 59.1 Å². The van der Waals surface area contributed by atoms with Gasteiger partial charge < -0.3 is 19.9 Å². The molecule has 0 bridgehead atoms. The molecule has 6 heteroatoms. The maximum Gasteiger partial charge on any atom is 0.322 e. The number of amides is 2. The fourth-order valence-electron chi connectivity index (χ4n) is 2.76. The molecule has 0 saturated carbocycles. The van der Waals surface area contributed by atoms with Crippen molar-refractivity contribution >= 4 is 29.0 Å². The van der Waals surface area contributed by atoms with E-state index in [2.05, 4.69) is 5.32 Å². The van der Waals surface area contributed by atoms with E-state index < -0.39 is 0 Å².